The maximum absolute atomic E-state index is 13.6. The molecule has 30 heavy (non-hydrogen) atoms. The number of hydrogen-bond donors (Lipinski definition) is 1. The van der Waals surface area contributed by atoms with E-state index in [4.69, 9.17) is 9.47 Å². The van der Waals surface area contributed by atoms with Gasteiger partial charge in [-0.25, -0.2) is 8.78 Å². The first-order valence-corrected chi connectivity index (χ1v) is 9.45. The van der Waals surface area contributed by atoms with Gasteiger partial charge in [-0.2, -0.15) is 0 Å². The van der Waals surface area contributed by atoms with Gasteiger partial charge in [0, 0.05) is 22.3 Å². The molecule has 0 spiro atoms. The summed E-state index contributed by atoms with van der Waals surface area (Å²) in [4.78, 5) is 12.9. The molecule has 6 heteroatoms. The van der Waals surface area contributed by atoms with Gasteiger partial charge < -0.3 is 14.6 Å². The van der Waals surface area contributed by atoms with Gasteiger partial charge in [-0.1, -0.05) is 0 Å². The lowest BCUT2D eigenvalue weighted by molar-refractivity contribution is -0.113. The molecule has 1 saturated carbocycles. The van der Waals surface area contributed by atoms with Crippen molar-refractivity contribution in [3.63, 3.8) is 0 Å². The highest BCUT2D eigenvalue weighted by molar-refractivity contribution is 6.12. The molecule has 1 N–H and O–H groups in total. The number of halogens is 2. The fraction of sp³-hybridized carbons (Fsp3) is 0.208. The standard InChI is InChI=1S/C24H22F2O4/c1-29-22-10-7-18(25)13-15(22)6-9-21(27)20-5-3-4-16(24(20)28)12-17-14-19(26)8-11-23(17)30-2/h6-14,27H,3-5H2,1-2H3/b9-6+,16-12+,21-20-. The van der Waals surface area contributed by atoms with Crippen LogP contribution in [0.25, 0.3) is 12.2 Å². The Labute approximate surface area is 173 Å². The van der Waals surface area contributed by atoms with Crippen molar-refractivity contribution in [2.24, 2.45) is 0 Å². The Morgan fingerprint density at radius 1 is 0.967 bits per heavy atom. The van der Waals surface area contributed by atoms with Crippen LogP contribution in [-0.2, 0) is 4.79 Å². The summed E-state index contributed by atoms with van der Waals surface area (Å²) in [7, 11) is 2.94. The van der Waals surface area contributed by atoms with E-state index in [0.717, 1.165) is 0 Å². The van der Waals surface area contributed by atoms with E-state index in [1.807, 2.05) is 0 Å². The molecule has 2 aromatic rings. The van der Waals surface area contributed by atoms with Gasteiger partial charge >= 0.3 is 0 Å². The van der Waals surface area contributed by atoms with E-state index in [9.17, 15) is 18.7 Å². The number of aliphatic hydroxyl groups excluding tert-OH is 1. The van der Waals surface area contributed by atoms with E-state index in [1.165, 1.54) is 62.8 Å². The van der Waals surface area contributed by atoms with Crippen LogP contribution in [0.5, 0.6) is 11.5 Å². The van der Waals surface area contributed by atoms with Crippen LogP contribution in [0.15, 0.2) is 59.4 Å². The molecule has 2 aromatic carbocycles. The van der Waals surface area contributed by atoms with E-state index >= 15 is 0 Å². The van der Waals surface area contributed by atoms with E-state index < -0.39 is 11.6 Å². The third kappa shape index (κ3) is 4.76. The number of rotatable bonds is 5. The predicted octanol–water partition coefficient (Wildman–Crippen LogP) is 5.64. The van der Waals surface area contributed by atoms with Crippen molar-refractivity contribution in [2.45, 2.75) is 19.3 Å². The van der Waals surface area contributed by atoms with Crippen LogP contribution >= 0.6 is 0 Å². The molecule has 0 heterocycles. The lowest BCUT2D eigenvalue weighted by Gasteiger charge is -2.17. The molecule has 1 fully saturated rings. The summed E-state index contributed by atoms with van der Waals surface area (Å²) < 4.78 is 37.5. The van der Waals surface area contributed by atoms with Crippen molar-refractivity contribution in [1.29, 1.82) is 0 Å². The summed E-state index contributed by atoms with van der Waals surface area (Å²) in [5.74, 6) is -0.472. The van der Waals surface area contributed by atoms with Crippen molar-refractivity contribution in [3.8, 4) is 11.5 Å². The molecule has 0 unspecified atom stereocenters. The number of benzene rings is 2. The molecule has 1 aliphatic rings. The van der Waals surface area contributed by atoms with Crippen LogP contribution in [0.3, 0.4) is 0 Å². The number of carbonyl (C=O) groups excluding carboxylic acids is 1. The van der Waals surface area contributed by atoms with Crippen LogP contribution in [-0.4, -0.2) is 25.1 Å². The largest absolute Gasteiger partial charge is 0.508 e. The molecular formula is C24H22F2O4. The Kier molecular flexibility index (Phi) is 6.67. The fourth-order valence-corrected chi connectivity index (χ4v) is 3.37. The zero-order valence-electron chi connectivity index (χ0n) is 16.7. The highest BCUT2D eigenvalue weighted by atomic mass is 19.1. The minimum Gasteiger partial charge on any atom is -0.508 e. The number of ether oxygens (including phenoxy) is 2. The van der Waals surface area contributed by atoms with Gasteiger partial charge in [0.25, 0.3) is 0 Å². The SMILES string of the molecule is COc1ccc(F)cc1/C=C/C(O)=C1\CCC/C(=C\c2cc(F)ccc2OC)C1=O. The topological polar surface area (TPSA) is 55.8 Å². The molecule has 0 amide bonds. The molecule has 0 saturated heterocycles. The van der Waals surface area contributed by atoms with Gasteiger partial charge in [-0.3, -0.25) is 4.79 Å². The van der Waals surface area contributed by atoms with Crippen molar-refractivity contribution in [2.75, 3.05) is 14.2 Å². The summed E-state index contributed by atoms with van der Waals surface area (Å²) in [5.41, 5.74) is 1.62. The van der Waals surface area contributed by atoms with E-state index in [-0.39, 0.29) is 17.1 Å². The third-order valence-corrected chi connectivity index (χ3v) is 4.88. The molecular weight excluding hydrogens is 390 g/mol. The maximum Gasteiger partial charge on any atom is 0.188 e. The summed E-state index contributed by atoms with van der Waals surface area (Å²) in [6.07, 6.45) is 6.02. The Hall–Kier alpha value is -3.41. The van der Waals surface area contributed by atoms with Crippen LogP contribution in [0.1, 0.15) is 30.4 Å². The Morgan fingerprint density at radius 3 is 2.20 bits per heavy atom. The second kappa shape index (κ2) is 9.39. The van der Waals surface area contributed by atoms with Crippen molar-refractivity contribution in [3.05, 3.63) is 82.1 Å². The quantitative estimate of drug-likeness (QED) is 0.510. The molecule has 0 radical (unpaired) electrons. The van der Waals surface area contributed by atoms with Crippen LogP contribution in [0.2, 0.25) is 0 Å². The molecule has 0 aliphatic heterocycles. The molecule has 3 rings (SSSR count). The van der Waals surface area contributed by atoms with E-state index in [2.05, 4.69) is 0 Å². The highest BCUT2D eigenvalue weighted by Gasteiger charge is 2.23. The van der Waals surface area contributed by atoms with Crippen molar-refractivity contribution < 1.29 is 28.2 Å². The Morgan fingerprint density at radius 2 is 1.57 bits per heavy atom. The average Bonchev–Trinajstić information content (AvgIpc) is 2.74. The van der Waals surface area contributed by atoms with Crippen LogP contribution in [0, 0.1) is 11.6 Å². The zero-order valence-corrected chi connectivity index (χ0v) is 16.7. The molecule has 0 aromatic heterocycles. The third-order valence-electron chi connectivity index (χ3n) is 4.88. The molecule has 0 atom stereocenters. The second-order valence-corrected chi connectivity index (χ2v) is 6.82. The number of aliphatic hydroxyl groups is 1. The average molecular weight is 412 g/mol. The summed E-state index contributed by atoms with van der Waals surface area (Å²) in [6, 6.07) is 8.12. The number of hydrogen-bond acceptors (Lipinski definition) is 4. The minimum absolute atomic E-state index is 0.192. The molecule has 4 nitrogen and oxygen atoms in total. The first-order valence-electron chi connectivity index (χ1n) is 9.45. The normalized spacial score (nSPS) is 17.5. The molecule has 1 aliphatic carbocycles. The van der Waals surface area contributed by atoms with E-state index in [0.29, 0.717) is 47.5 Å². The smallest absolute Gasteiger partial charge is 0.188 e. The monoisotopic (exact) mass is 412 g/mol. The van der Waals surface area contributed by atoms with Gasteiger partial charge in [0.1, 0.15) is 28.9 Å². The Balaban J connectivity index is 1.92. The van der Waals surface area contributed by atoms with Crippen LogP contribution < -0.4 is 9.47 Å². The summed E-state index contributed by atoms with van der Waals surface area (Å²) >= 11 is 0. The van der Waals surface area contributed by atoms with Gasteiger partial charge in [-0.05, 0) is 73.9 Å². The number of methoxy groups -OCH3 is 2. The predicted molar refractivity (Wildman–Crippen MR) is 111 cm³/mol. The summed E-state index contributed by atoms with van der Waals surface area (Å²) in [5, 5.41) is 10.5. The highest BCUT2D eigenvalue weighted by Crippen LogP contribution is 2.31. The minimum atomic E-state index is -0.439. The lowest BCUT2D eigenvalue weighted by Crippen LogP contribution is -2.14. The van der Waals surface area contributed by atoms with Crippen LogP contribution in [0.4, 0.5) is 8.78 Å². The lowest BCUT2D eigenvalue weighted by atomic mass is 9.87. The molecule has 0 bridgehead atoms. The zero-order chi connectivity index (χ0) is 21.7. The number of carbonyl (C=O) groups is 1. The fourth-order valence-electron chi connectivity index (χ4n) is 3.37. The van der Waals surface area contributed by atoms with Gasteiger partial charge in [0.2, 0.25) is 0 Å². The van der Waals surface area contributed by atoms with Gasteiger partial charge in [0.05, 0.1) is 14.2 Å². The number of ketones is 1. The van der Waals surface area contributed by atoms with Gasteiger partial charge in [-0.15, -0.1) is 0 Å². The maximum atomic E-state index is 13.6. The second-order valence-electron chi connectivity index (χ2n) is 6.82. The van der Waals surface area contributed by atoms with E-state index in [1.54, 1.807) is 6.08 Å². The first kappa shape index (κ1) is 21.3. The van der Waals surface area contributed by atoms with Crippen molar-refractivity contribution >= 4 is 17.9 Å². The molecule has 156 valence electrons. The number of Topliss-reactive ketones (excluding diaryl/α,β-unsaturated/α-hetero) is 1. The van der Waals surface area contributed by atoms with Gasteiger partial charge in [0.15, 0.2) is 5.78 Å². The Bertz CT molecular complexity index is 1050. The summed E-state index contributed by atoms with van der Waals surface area (Å²) in [6.45, 7) is 0. The van der Waals surface area contributed by atoms with Crippen molar-refractivity contribution in [1.82, 2.24) is 0 Å². The number of allylic oxidation sites excluding steroid dienone is 3. The first-order chi connectivity index (χ1) is 14.4.